The molecule has 0 saturated carbocycles. The molecule has 0 fully saturated rings. The monoisotopic (exact) mass is 231 g/mol. The van der Waals surface area contributed by atoms with E-state index >= 15 is 0 Å². The molecule has 0 atom stereocenters. The fourth-order valence-electron chi connectivity index (χ4n) is 1.36. The summed E-state index contributed by atoms with van der Waals surface area (Å²) in [6.45, 7) is 0. The number of nitriles is 1. The van der Waals surface area contributed by atoms with Gasteiger partial charge >= 0.3 is 0 Å². The molecule has 2 heterocycles. The van der Waals surface area contributed by atoms with Crippen LogP contribution < -0.4 is 5.73 Å². The number of nitrogen functional groups attached to an aromatic ring is 1. The number of hydrogen-bond acceptors (Lipinski definition) is 5. The Morgan fingerprint density at radius 1 is 1.56 bits per heavy atom. The Labute approximate surface area is 97.1 Å². The molecule has 0 aliphatic carbocycles. The van der Waals surface area contributed by atoms with E-state index in [0.717, 1.165) is 4.90 Å². The van der Waals surface area contributed by atoms with Crippen LogP contribution >= 0.6 is 11.8 Å². The maximum absolute atomic E-state index is 8.95. The summed E-state index contributed by atoms with van der Waals surface area (Å²) in [6.07, 6.45) is 3.46. The number of furan rings is 1. The van der Waals surface area contributed by atoms with Crippen molar-refractivity contribution < 1.29 is 4.42 Å². The minimum atomic E-state index is 0.237. The SMILES string of the molecule is CSc1cc(-c2ccco2)nc(N)c1C#N. The third-order valence-electron chi connectivity index (χ3n) is 2.12. The molecule has 0 bridgehead atoms. The van der Waals surface area contributed by atoms with E-state index in [1.54, 1.807) is 24.5 Å². The predicted molar refractivity (Wildman–Crippen MR) is 62.8 cm³/mol. The zero-order valence-electron chi connectivity index (χ0n) is 8.60. The molecule has 0 aliphatic heterocycles. The maximum Gasteiger partial charge on any atom is 0.152 e. The molecule has 0 amide bonds. The lowest BCUT2D eigenvalue weighted by Crippen LogP contribution is -1.98. The number of rotatable bonds is 2. The zero-order valence-corrected chi connectivity index (χ0v) is 9.41. The smallest absolute Gasteiger partial charge is 0.152 e. The van der Waals surface area contributed by atoms with Crippen molar-refractivity contribution in [3.8, 4) is 17.5 Å². The minimum absolute atomic E-state index is 0.237. The van der Waals surface area contributed by atoms with Gasteiger partial charge < -0.3 is 10.2 Å². The molecule has 0 unspecified atom stereocenters. The highest BCUT2D eigenvalue weighted by atomic mass is 32.2. The average molecular weight is 231 g/mol. The van der Waals surface area contributed by atoms with Crippen LogP contribution in [0.15, 0.2) is 33.8 Å². The first-order chi connectivity index (χ1) is 7.76. The van der Waals surface area contributed by atoms with Gasteiger partial charge in [0.05, 0.1) is 6.26 Å². The van der Waals surface area contributed by atoms with Crippen LogP contribution in [0, 0.1) is 11.3 Å². The lowest BCUT2D eigenvalue weighted by atomic mass is 10.2. The topological polar surface area (TPSA) is 75.8 Å². The third-order valence-corrected chi connectivity index (χ3v) is 2.88. The number of thioether (sulfide) groups is 1. The van der Waals surface area contributed by atoms with Gasteiger partial charge in [0.2, 0.25) is 0 Å². The van der Waals surface area contributed by atoms with Gasteiger partial charge in [0.25, 0.3) is 0 Å². The second-order valence-corrected chi connectivity index (χ2v) is 3.91. The van der Waals surface area contributed by atoms with Gasteiger partial charge in [-0.25, -0.2) is 4.98 Å². The van der Waals surface area contributed by atoms with Crippen LogP contribution in [0.25, 0.3) is 11.5 Å². The molecular formula is C11H9N3OS. The highest BCUT2D eigenvalue weighted by Gasteiger charge is 2.11. The molecule has 2 N–H and O–H groups in total. The fourth-order valence-corrected chi connectivity index (χ4v) is 1.95. The van der Waals surface area contributed by atoms with Crippen molar-refractivity contribution in [1.82, 2.24) is 4.98 Å². The van der Waals surface area contributed by atoms with Gasteiger partial charge in [0, 0.05) is 4.90 Å². The number of aromatic nitrogens is 1. The Kier molecular flexibility index (Phi) is 2.84. The van der Waals surface area contributed by atoms with E-state index < -0.39 is 0 Å². The summed E-state index contributed by atoms with van der Waals surface area (Å²) in [7, 11) is 0. The molecule has 0 saturated heterocycles. The summed E-state index contributed by atoms with van der Waals surface area (Å²) < 4.78 is 5.24. The molecular weight excluding hydrogens is 222 g/mol. The van der Waals surface area contributed by atoms with Crippen molar-refractivity contribution in [3.63, 3.8) is 0 Å². The number of nitrogens with zero attached hydrogens (tertiary/aromatic N) is 2. The molecule has 2 aromatic heterocycles. The van der Waals surface area contributed by atoms with Crippen molar-refractivity contribution in [3.05, 3.63) is 30.0 Å². The van der Waals surface area contributed by atoms with E-state index in [1.807, 2.05) is 12.3 Å². The Hall–Kier alpha value is -1.93. The van der Waals surface area contributed by atoms with Crippen LogP contribution in [0.1, 0.15) is 5.56 Å². The summed E-state index contributed by atoms with van der Waals surface area (Å²) in [6, 6.07) is 7.44. The summed E-state index contributed by atoms with van der Waals surface area (Å²) >= 11 is 1.46. The molecule has 4 nitrogen and oxygen atoms in total. The molecule has 0 radical (unpaired) electrons. The molecule has 80 valence electrons. The highest BCUT2D eigenvalue weighted by Crippen LogP contribution is 2.29. The number of hydrogen-bond donors (Lipinski definition) is 1. The largest absolute Gasteiger partial charge is 0.463 e. The van der Waals surface area contributed by atoms with Gasteiger partial charge in [0.1, 0.15) is 23.1 Å². The predicted octanol–water partition coefficient (Wildman–Crippen LogP) is 2.52. The molecule has 16 heavy (non-hydrogen) atoms. The normalized spacial score (nSPS) is 10.0. The summed E-state index contributed by atoms with van der Waals surface area (Å²) in [4.78, 5) is 4.95. The lowest BCUT2D eigenvalue weighted by Gasteiger charge is -2.05. The van der Waals surface area contributed by atoms with E-state index in [4.69, 9.17) is 15.4 Å². The quantitative estimate of drug-likeness (QED) is 0.804. The van der Waals surface area contributed by atoms with Gasteiger partial charge in [0.15, 0.2) is 5.76 Å². The molecule has 2 rings (SSSR count). The first-order valence-corrected chi connectivity index (χ1v) is 5.77. The van der Waals surface area contributed by atoms with Gasteiger partial charge in [-0.15, -0.1) is 11.8 Å². The lowest BCUT2D eigenvalue weighted by molar-refractivity contribution is 0.580. The van der Waals surface area contributed by atoms with E-state index in [9.17, 15) is 0 Å². The summed E-state index contributed by atoms with van der Waals surface area (Å²) in [5.41, 5.74) is 6.79. The van der Waals surface area contributed by atoms with Gasteiger partial charge in [-0.2, -0.15) is 5.26 Å². The van der Waals surface area contributed by atoms with Crippen molar-refractivity contribution in [2.45, 2.75) is 4.90 Å². The van der Waals surface area contributed by atoms with Crippen molar-refractivity contribution in [1.29, 1.82) is 5.26 Å². The van der Waals surface area contributed by atoms with E-state index in [1.165, 1.54) is 11.8 Å². The highest BCUT2D eigenvalue weighted by molar-refractivity contribution is 7.98. The van der Waals surface area contributed by atoms with Gasteiger partial charge in [-0.05, 0) is 24.5 Å². The van der Waals surface area contributed by atoms with E-state index in [2.05, 4.69) is 4.98 Å². The first kappa shape index (κ1) is 10.6. The number of nitrogens with two attached hydrogens (primary N) is 1. The van der Waals surface area contributed by atoms with Crippen molar-refractivity contribution in [2.24, 2.45) is 0 Å². The molecule has 0 aromatic carbocycles. The van der Waals surface area contributed by atoms with Gasteiger partial charge in [-0.3, -0.25) is 0 Å². The number of pyridine rings is 1. The van der Waals surface area contributed by atoms with Gasteiger partial charge in [-0.1, -0.05) is 0 Å². The minimum Gasteiger partial charge on any atom is -0.463 e. The van der Waals surface area contributed by atoms with Crippen LogP contribution in [-0.2, 0) is 0 Å². The van der Waals surface area contributed by atoms with Crippen LogP contribution in [0.4, 0.5) is 5.82 Å². The molecule has 2 aromatic rings. The van der Waals surface area contributed by atoms with Crippen molar-refractivity contribution in [2.75, 3.05) is 12.0 Å². The Balaban J connectivity index is 2.60. The van der Waals surface area contributed by atoms with Crippen LogP contribution in [0.2, 0.25) is 0 Å². The van der Waals surface area contributed by atoms with E-state index in [-0.39, 0.29) is 5.82 Å². The van der Waals surface area contributed by atoms with Crippen LogP contribution in [0.3, 0.4) is 0 Å². The molecule has 0 spiro atoms. The fraction of sp³-hybridized carbons (Fsp3) is 0.0909. The van der Waals surface area contributed by atoms with Crippen LogP contribution in [0.5, 0.6) is 0 Å². The third kappa shape index (κ3) is 1.75. The number of anilines is 1. The molecule has 5 heteroatoms. The Bertz CT molecular complexity index is 543. The Morgan fingerprint density at radius 2 is 2.38 bits per heavy atom. The average Bonchev–Trinajstić information content (AvgIpc) is 2.81. The zero-order chi connectivity index (χ0) is 11.5. The van der Waals surface area contributed by atoms with Crippen molar-refractivity contribution >= 4 is 17.6 Å². The Morgan fingerprint density at radius 3 is 2.94 bits per heavy atom. The first-order valence-electron chi connectivity index (χ1n) is 4.54. The maximum atomic E-state index is 8.95. The van der Waals surface area contributed by atoms with Crippen LogP contribution in [-0.4, -0.2) is 11.2 Å². The summed E-state index contributed by atoms with van der Waals surface area (Å²) in [5, 5.41) is 8.95. The summed E-state index contributed by atoms with van der Waals surface area (Å²) in [5.74, 6) is 0.882. The second-order valence-electron chi connectivity index (χ2n) is 3.06. The second kappa shape index (κ2) is 4.29. The standard InChI is InChI=1S/C11H9N3OS/c1-16-10-5-8(9-3-2-4-15-9)14-11(13)7(10)6-12/h2-5H,1H3,(H2,13,14). The molecule has 0 aliphatic rings. The van der Waals surface area contributed by atoms with E-state index in [0.29, 0.717) is 17.0 Å².